The van der Waals surface area contributed by atoms with E-state index in [-0.39, 0.29) is 0 Å². The van der Waals surface area contributed by atoms with Crippen molar-refractivity contribution in [1.29, 1.82) is 0 Å². The number of hydrogen-bond donors (Lipinski definition) is 0. The van der Waals surface area contributed by atoms with Gasteiger partial charge in [0.15, 0.2) is 0 Å². The van der Waals surface area contributed by atoms with Crippen molar-refractivity contribution in [3.8, 4) is 0 Å². The average Bonchev–Trinajstić information content (AvgIpc) is 1.99. The molecule has 1 rings (SSSR count). The first-order valence-corrected chi connectivity index (χ1v) is 4.74. The lowest BCUT2D eigenvalue weighted by molar-refractivity contribution is -0.221. The second-order valence-corrected chi connectivity index (χ2v) is 3.21. The molecule has 1 heterocycles. The van der Waals surface area contributed by atoms with Gasteiger partial charge in [-0.05, 0) is 19.3 Å². The highest BCUT2D eigenvalue weighted by Gasteiger charge is 2.26. The van der Waals surface area contributed by atoms with E-state index in [2.05, 4.69) is 18.7 Å². The third-order valence-electron chi connectivity index (χ3n) is 2.16. The van der Waals surface area contributed by atoms with Crippen LogP contribution in [0.5, 0.6) is 0 Å². The van der Waals surface area contributed by atoms with Crippen molar-refractivity contribution >= 4 is 0 Å². The molecule has 2 heteroatoms. The predicted molar refractivity (Wildman–Crippen MR) is 46.3 cm³/mol. The summed E-state index contributed by atoms with van der Waals surface area (Å²) < 4.78 is 5.42. The van der Waals surface area contributed by atoms with Crippen LogP contribution in [0.2, 0.25) is 0 Å². The number of hydrogen-bond acceptors (Lipinski definition) is 2. The number of nitrogens with zero attached hydrogens (tertiary/aromatic N) is 1. The summed E-state index contributed by atoms with van der Waals surface area (Å²) in [5.41, 5.74) is 0. The van der Waals surface area contributed by atoms with E-state index in [4.69, 9.17) is 4.74 Å². The molecule has 1 fully saturated rings. The van der Waals surface area contributed by atoms with Crippen molar-refractivity contribution in [2.45, 2.75) is 45.8 Å². The molecule has 1 atom stereocenters. The van der Waals surface area contributed by atoms with Gasteiger partial charge in [-0.15, -0.1) is 0 Å². The van der Waals surface area contributed by atoms with E-state index in [9.17, 15) is 0 Å². The van der Waals surface area contributed by atoms with Crippen LogP contribution >= 0.6 is 0 Å². The Hall–Kier alpha value is -0.0800. The Balaban J connectivity index is 2.05. The zero-order valence-electron chi connectivity index (χ0n) is 7.68. The van der Waals surface area contributed by atoms with Gasteiger partial charge in [0.1, 0.15) is 13.0 Å². The van der Waals surface area contributed by atoms with Gasteiger partial charge in [-0.1, -0.05) is 20.3 Å². The summed E-state index contributed by atoms with van der Waals surface area (Å²) in [6, 6.07) is 0. The minimum atomic E-state index is 0.454. The highest BCUT2D eigenvalue weighted by Crippen LogP contribution is 2.18. The molecular formula is C9H19NO. The van der Waals surface area contributed by atoms with Crippen LogP contribution in [0.15, 0.2) is 0 Å². The second kappa shape index (κ2) is 4.73. The van der Waals surface area contributed by atoms with Gasteiger partial charge in [0, 0.05) is 6.54 Å². The summed E-state index contributed by atoms with van der Waals surface area (Å²) in [7, 11) is 0. The maximum atomic E-state index is 5.42. The van der Waals surface area contributed by atoms with Crippen molar-refractivity contribution in [1.82, 2.24) is 4.90 Å². The molecule has 0 aromatic heterocycles. The Morgan fingerprint density at radius 3 is 2.64 bits per heavy atom. The van der Waals surface area contributed by atoms with Gasteiger partial charge in [0.2, 0.25) is 0 Å². The summed E-state index contributed by atoms with van der Waals surface area (Å²) >= 11 is 0. The van der Waals surface area contributed by atoms with Gasteiger partial charge in [0.05, 0.1) is 0 Å². The first-order valence-electron chi connectivity index (χ1n) is 4.74. The van der Waals surface area contributed by atoms with E-state index in [1.807, 2.05) is 0 Å². The topological polar surface area (TPSA) is 12.5 Å². The fourth-order valence-electron chi connectivity index (χ4n) is 1.43. The molecule has 66 valence electrons. The summed E-state index contributed by atoms with van der Waals surface area (Å²) in [6.45, 7) is 6.51. The Labute approximate surface area is 69.5 Å². The van der Waals surface area contributed by atoms with Gasteiger partial charge < -0.3 is 4.74 Å². The molecule has 0 N–H and O–H groups in total. The molecule has 0 bridgehead atoms. The first kappa shape index (κ1) is 9.01. The minimum Gasteiger partial charge on any atom is -0.348 e. The molecule has 0 aromatic carbocycles. The van der Waals surface area contributed by atoms with Crippen molar-refractivity contribution < 1.29 is 4.74 Å². The highest BCUT2D eigenvalue weighted by molar-refractivity contribution is 4.67. The van der Waals surface area contributed by atoms with Crippen LogP contribution in [-0.4, -0.2) is 24.4 Å². The Morgan fingerprint density at radius 1 is 1.36 bits per heavy atom. The number of rotatable bonds is 5. The zero-order chi connectivity index (χ0) is 8.10. The second-order valence-electron chi connectivity index (χ2n) is 3.21. The van der Waals surface area contributed by atoms with Crippen LogP contribution in [0.3, 0.4) is 0 Å². The molecule has 1 saturated heterocycles. The van der Waals surface area contributed by atoms with Crippen LogP contribution in [-0.2, 0) is 4.74 Å². The quantitative estimate of drug-likeness (QED) is 0.606. The van der Waals surface area contributed by atoms with Gasteiger partial charge in [-0.3, -0.25) is 4.90 Å². The monoisotopic (exact) mass is 157 g/mol. The molecular weight excluding hydrogens is 138 g/mol. The lowest BCUT2D eigenvalue weighted by atomic mass is 10.2. The predicted octanol–water partition coefficient (Wildman–Crippen LogP) is 2.20. The van der Waals surface area contributed by atoms with Gasteiger partial charge in [-0.2, -0.15) is 0 Å². The molecule has 0 saturated carbocycles. The van der Waals surface area contributed by atoms with Gasteiger partial charge >= 0.3 is 0 Å². The minimum absolute atomic E-state index is 0.454. The van der Waals surface area contributed by atoms with E-state index in [1.54, 1.807) is 0 Å². The molecule has 1 aliphatic heterocycles. The van der Waals surface area contributed by atoms with E-state index in [0.29, 0.717) is 6.23 Å². The fourth-order valence-corrected chi connectivity index (χ4v) is 1.43. The summed E-state index contributed by atoms with van der Waals surface area (Å²) in [5, 5.41) is 0. The molecule has 0 spiro atoms. The smallest absolute Gasteiger partial charge is 0.114 e. The van der Waals surface area contributed by atoms with E-state index in [1.165, 1.54) is 32.2 Å². The van der Waals surface area contributed by atoms with E-state index >= 15 is 0 Å². The molecule has 1 aliphatic rings. The Kier molecular flexibility index (Phi) is 3.87. The van der Waals surface area contributed by atoms with Crippen LogP contribution in [0, 0.1) is 0 Å². The maximum Gasteiger partial charge on any atom is 0.114 e. The van der Waals surface area contributed by atoms with Crippen molar-refractivity contribution in [3.05, 3.63) is 0 Å². The molecule has 2 nitrogen and oxygen atoms in total. The van der Waals surface area contributed by atoms with Crippen LogP contribution in [0.25, 0.3) is 0 Å². The first-order chi connectivity index (χ1) is 5.38. The average molecular weight is 157 g/mol. The lowest BCUT2D eigenvalue weighted by Gasteiger charge is -2.40. The fraction of sp³-hybridized carbons (Fsp3) is 1.00. The van der Waals surface area contributed by atoms with E-state index < -0.39 is 0 Å². The molecule has 0 amide bonds. The highest BCUT2D eigenvalue weighted by atomic mass is 16.6. The standard InChI is InChI=1S/C9H19NO/c1-3-5-6-9-10(7-4-2)8-11-9/h9H,3-8H2,1-2H3. The third-order valence-corrected chi connectivity index (χ3v) is 2.16. The van der Waals surface area contributed by atoms with Crippen LogP contribution in [0.4, 0.5) is 0 Å². The molecule has 0 aliphatic carbocycles. The summed E-state index contributed by atoms with van der Waals surface area (Å²) in [6.07, 6.45) is 5.49. The lowest BCUT2D eigenvalue weighted by Crippen LogP contribution is -2.50. The van der Waals surface area contributed by atoms with Crippen LogP contribution in [0.1, 0.15) is 39.5 Å². The van der Waals surface area contributed by atoms with Crippen molar-refractivity contribution in [3.63, 3.8) is 0 Å². The Bertz CT molecular complexity index is 106. The van der Waals surface area contributed by atoms with Gasteiger partial charge in [-0.25, -0.2) is 0 Å². The Morgan fingerprint density at radius 2 is 2.18 bits per heavy atom. The largest absolute Gasteiger partial charge is 0.348 e. The maximum absolute atomic E-state index is 5.42. The SMILES string of the molecule is CCCCC1OCN1CCC. The normalized spacial score (nSPS) is 25.1. The summed E-state index contributed by atoms with van der Waals surface area (Å²) in [4.78, 5) is 2.41. The number of ether oxygens (including phenoxy) is 1. The van der Waals surface area contributed by atoms with Crippen molar-refractivity contribution in [2.24, 2.45) is 0 Å². The molecule has 11 heavy (non-hydrogen) atoms. The van der Waals surface area contributed by atoms with E-state index in [0.717, 1.165) is 6.73 Å². The third kappa shape index (κ3) is 2.46. The molecule has 0 radical (unpaired) electrons. The number of unbranched alkanes of at least 4 members (excludes halogenated alkanes) is 1. The van der Waals surface area contributed by atoms with Crippen molar-refractivity contribution in [2.75, 3.05) is 13.3 Å². The molecule has 0 aromatic rings. The van der Waals surface area contributed by atoms with Crippen LogP contribution < -0.4 is 0 Å². The zero-order valence-corrected chi connectivity index (χ0v) is 7.68. The summed E-state index contributed by atoms with van der Waals surface area (Å²) in [5.74, 6) is 0. The van der Waals surface area contributed by atoms with Gasteiger partial charge in [0.25, 0.3) is 0 Å². The molecule has 1 unspecified atom stereocenters.